The van der Waals surface area contributed by atoms with E-state index in [0.29, 0.717) is 28.2 Å². The summed E-state index contributed by atoms with van der Waals surface area (Å²) in [6, 6.07) is 34.1. The van der Waals surface area contributed by atoms with Crippen LogP contribution in [0.1, 0.15) is 22.3 Å². The fourth-order valence-corrected chi connectivity index (χ4v) is 6.46. The van der Waals surface area contributed by atoms with Gasteiger partial charge in [-0.15, -0.1) is 0 Å². The van der Waals surface area contributed by atoms with Crippen molar-refractivity contribution in [1.82, 2.24) is 0 Å². The molecule has 5 aromatic rings. The molecule has 1 fully saturated rings. The van der Waals surface area contributed by atoms with E-state index in [-0.39, 0.29) is 5.91 Å². The van der Waals surface area contributed by atoms with E-state index >= 15 is 0 Å². The van der Waals surface area contributed by atoms with Crippen LogP contribution in [0.3, 0.4) is 0 Å². The van der Waals surface area contributed by atoms with E-state index in [4.69, 9.17) is 14.5 Å². The summed E-state index contributed by atoms with van der Waals surface area (Å²) >= 11 is 5.04. The molecule has 7 heteroatoms. The lowest BCUT2D eigenvalue weighted by molar-refractivity contribution is -0.113. The molecule has 0 spiro atoms. The Morgan fingerprint density at radius 2 is 1.58 bits per heavy atom. The molecule has 1 heterocycles. The minimum absolute atomic E-state index is 0.133. The first-order chi connectivity index (χ1) is 20.9. The first kappa shape index (κ1) is 28.8. The Labute approximate surface area is 264 Å². The van der Waals surface area contributed by atoms with Crippen molar-refractivity contribution in [3.63, 3.8) is 0 Å². The molecular formula is C36H29BrN2O3S. The summed E-state index contributed by atoms with van der Waals surface area (Å²) < 4.78 is 12.8. The van der Waals surface area contributed by atoms with Crippen LogP contribution < -0.4 is 14.4 Å². The van der Waals surface area contributed by atoms with Crippen molar-refractivity contribution in [3.05, 3.63) is 135 Å². The van der Waals surface area contributed by atoms with Crippen LogP contribution in [-0.2, 0) is 11.4 Å². The zero-order valence-electron chi connectivity index (χ0n) is 24.0. The zero-order chi connectivity index (χ0) is 29.9. The standard InChI is InChI=1S/C36H29BrN2O3S/c1-23-11-15-28(16-12-23)38-36-39(29-17-13-24(2)14-18-29)35(40)33(43-36)21-25-19-31(37)34(32(20-25)41-3)42-22-27-9-6-8-26-7-4-5-10-30(26)27/h4-21H,22H2,1-3H3/b33-21-,38-36?. The van der Waals surface area contributed by atoms with Crippen molar-refractivity contribution >= 4 is 67.0 Å². The number of nitrogens with zero attached hydrogens (tertiary/aromatic N) is 2. The number of aryl methyl sites for hydroxylation is 2. The average molecular weight is 650 g/mol. The van der Waals surface area contributed by atoms with Crippen molar-refractivity contribution in [1.29, 1.82) is 0 Å². The second kappa shape index (κ2) is 12.5. The SMILES string of the molecule is COc1cc(/C=C2\SC(=Nc3ccc(C)cc3)N(c3ccc(C)cc3)C2=O)cc(Br)c1OCc1cccc2ccccc12. The molecule has 5 nitrogen and oxygen atoms in total. The van der Waals surface area contributed by atoms with Crippen molar-refractivity contribution in [2.45, 2.75) is 20.5 Å². The number of rotatable bonds is 7. The van der Waals surface area contributed by atoms with Gasteiger partial charge in [-0.2, -0.15) is 0 Å². The number of anilines is 1. The molecule has 0 atom stereocenters. The number of ether oxygens (including phenoxy) is 2. The Kier molecular flexibility index (Phi) is 8.36. The van der Waals surface area contributed by atoms with Crippen LogP contribution >= 0.6 is 27.7 Å². The Morgan fingerprint density at radius 1 is 0.884 bits per heavy atom. The average Bonchev–Trinajstić information content (AvgIpc) is 3.31. The van der Waals surface area contributed by atoms with E-state index in [1.165, 1.54) is 17.1 Å². The van der Waals surface area contributed by atoms with E-state index in [1.54, 1.807) is 12.0 Å². The van der Waals surface area contributed by atoms with E-state index in [1.807, 2.05) is 98.8 Å². The summed E-state index contributed by atoms with van der Waals surface area (Å²) in [4.78, 5) is 20.9. The molecule has 1 aliphatic heterocycles. The molecule has 5 aromatic carbocycles. The van der Waals surface area contributed by atoms with E-state index < -0.39 is 0 Å². The van der Waals surface area contributed by atoms with Gasteiger partial charge in [0.05, 0.1) is 27.9 Å². The van der Waals surface area contributed by atoms with Gasteiger partial charge in [-0.3, -0.25) is 9.69 Å². The predicted octanol–water partition coefficient (Wildman–Crippen LogP) is 9.62. The van der Waals surface area contributed by atoms with Crippen LogP contribution in [0.15, 0.2) is 117 Å². The summed E-state index contributed by atoms with van der Waals surface area (Å²) in [5.41, 5.74) is 5.72. The van der Waals surface area contributed by atoms with Crippen molar-refractivity contribution in [2.24, 2.45) is 4.99 Å². The fraction of sp³-hybridized carbons (Fsp3) is 0.111. The fourth-order valence-electron chi connectivity index (χ4n) is 4.88. The molecule has 214 valence electrons. The van der Waals surface area contributed by atoms with Gasteiger partial charge < -0.3 is 9.47 Å². The molecule has 0 saturated carbocycles. The smallest absolute Gasteiger partial charge is 0.271 e. The number of carbonyl (C=O) groups is 1. The molecule has 1 saturated heterocycles. The first-order valence-electron chi connectivity index (χ1n) is 13.8. The van der Waals surface area contributed by atoms with E-state index in [2.05, 4.69) is 40.2 Å². The minimum Gasteiger partial charge on any atom is -0.493 e. The third kappa shape index (κ3) is 6.24. The Balaban J connectivity index is 1.31. The normalized spacial score (nSPS) is 15.1. The first-order valence-corrected chi connectivity index (χ1v) is 15.4. The summed E-state index contributed by atoms with van der Waals surface area (Å²) in [5.74, 6) is 1.04. The molecule has 43 heavy (non-hydrogen) atoms. The molecule has 0 bridgehead atoms. The number of hydrogen-bond acceptors (Lipinski definition) is 5. The van der Waals surface area contributed by atoms with Gasteiger partial charge in [0.1, 0.15) is 6.61 Å². The van der Waals surface area contributed by atoms with Gasteiger partial charge in [-0.05, 0) is 106 Å². The van der Waals surface area contributed by atoms with Crippen LogP contribution in [0, 0.1) is 13.8 Å². The number of amidine groups is 1. The summed E-state index contributed by atoms with van der Waals surface area (Å²) in [6.07, 6.45) is 1.87. The maximum absolute atomic E-state index is 13.8. The van der Waals surface area contributed by atoms with Gasteiger partial charge in [-0.1, -0.05) is 77.9 Å². The van der Waals surface area contributed by atoms with Crippen LogP contribution in [0.4, 0.5) is 11.4 Å². The highest BCUT2D eigenvalue weighted by Gasteiger charge is 2.35. The molecule has 1 amide bonds. The Bertz CT molecular complexity index is 1880. The van der Waals surface area contributed by atoms with Gasteiger partial charge in [0.15, 0.2) is 16.7 Å². The molecule has 0 aromatic heterocycles. The van der Waals surface area contributed by atoms with Crippen LogP contribution in [0.2, 0.25) is 0 Å². The highest BCUT2D eigenvalue weighted by atomic mass is 79.9. The lowest BCUT2D eigenvalue weighted by Gasteiger charge is -2.16. The molecular weight excluding hydrogens is 620 g/mol. The highest BCUT2D eigenvalue weighted by molar-refractivity contribution is 9.10. The number of amides is 1. The van der Waals surface area contributed by atoms with Crippen molar-refractivity contribution in [3.8, 4) is 11.5 Å². The topological polar surface area (TPSA) is 51.1 Å². The van der Waals surface area contributed by atoms with Gasteiger partial charge >= 0.3 is 0 Å². The second-order valence-corrected chi connectivity index (χ2v) is 12.1. The predicted molar refractivity (Wildman–Crippen MR) is 181 cm³/mol. The molecule has 0 N–H and O–H groups in total. The summed E-state index contributed by atoms with van der Waals surface area (Å²) in [5, 5.41) is 2.92. The minimum atomic E-state index is -0.133. The zero-order valence-corrected chi connectivity index (χ0v) is 26.4. The van der Waals surface area contributed by atoms with Crippen LogP contribution in [-0.4, -0.2) is 18.2 Å². The number of fused-ring (bicyclic) bond motifs is 1. The maximum atomic E-state index is 13.8. The number of methoxy groups -OCH3 is 1. The van der Waals surface area contributed by atoms with Crippen molar-refractivity contribution in [2.75, 3.05) is 12.0 Å². The Hall–Kier alpha value is -4.33. The lowest BCUT2D eigenvalue weighted by Crippen LogP contribution is -2.28. The number of benzene rings is 5. The highest BCUT2D eigenvalue weighted by Crippen LogP contribution is 2.41. The maximum Gasteiger partial charge on any atom is 0.271 e. The number of aliphatic imine (C=N–C) groups is 1. The third-order valence-electron chi connectivity index (χ3n) is 7.16. The molecule has 6 rings (SSSR count). The van der Waals surface area contributed by atoms with Gasteiger partial charge in [0.2, 0.25) is 0 Å². The van der Waals surface area contributed by atoms with Crippen LogP contribution in [0.25, 0.3) is 16.8 Å². The Morgan fingerprint density at radius 3 is 2.33 bits per heavy atom. The van der Waals surface area contributed by atoms with Gasteiger partial charge in [0, 0.05) is 0 Å². The molecule has 0 unspecified atom stereocenters. The molecule has 0 aliphatic carbocycles. The molecule has 1 aliphatic rings. The second-order valence-electron chi connectivity index (χ2n) is 10.3. The monoisotopic (exact) mass is 648 g/mol. The quantitative estimate of drug-likeness (QED) is 0.165. The van der Waals surface area contributed by atoms with E-state index in [9.17, 15) is 4.79 Å². The van der Waals surface area contributed by atoms with Crippen LogP contribution in [0.5, 0.6) is 11.5 Å². The number of halogens is 1. The number of hydrogen-bond donors (Lipinski definition) is 0. The van der Waals surface area contributed by atoms with Gasteiger partial charge in [0.25, 0.3) is 5.91 Å². The molecule has 0 radical (unpaired) electrons. The number of carbonyl (C=O) groups excluding carboxylic acids is 1. The lowest BCUT2D eigenvalue weighted by atomic mass is 10.1. The van der Waals surface area contributed by atoms with E-state index in [0.717, 1.165) is 43.5 Å². The van der Waals surface area contributed by atoms with Crippen molar-refractivity contribution < 1.29 is 14.3 Å². The third-order valence-corrected chi connectivity index (χ3v) is 8.72. The number of thioether (sulfide) groups is 1. The summed E-state index contributed by atoms with van der Waals surface area (Å²) in [7, 11) is 1.62. The largest absolute Gasteiger partial charge is 0.493 e. The summed E-state index contributed by atoms with van der Waals surface area (Å²) in [6.45, 7) is 4.45. The van der Waals surface area contributed by atoms with Gasteiger partial charge in [-0.25, -0.2) is 4.99 Å².